The molecule has 8 nitrogen and oxygen atoms in total. The molecule has 0 bridgehead atoms. The van der Waals surface area contributed by atoms with Gasteiger partial charge in [-0.25, -0.2) is 9.97 Å². The first-order chi connectivity index (χ1) is 12.7. The van der Waals surface area contributed by atoms with E-state index in [1.807, 2.05) is 36.9 Å². The summed E-state index contributed by atoms with van der Waals surface area (Å²) in [5, 5.41) is 13.5. The Morgan fingerprint density at radius 3 is 2.88 bits per heavy atom. The average molecular weight is 352 g/mol. The average Bonchev–Trinajstić information content (AvgIpc) is 3.21. The monoisotopic (exact) mass is 352 g/mol. The lowest BCUT2D eigenvalue weighted by atomic mass is 10.3. The second-order valence-electron chi connectivity index (χ2n) is 6.24. The molecule has 0 amide bonds. The maximum Gasteiger partial charge on any atom is 0.227 e. The zero-order valence-corrected chi connectivity index (χ0v) is 14.8. The van der Waals surface area contributed by atoms with Gasteiger partial charge in [0.15, 0.2) is 5.75 Å². The molecule has 1 N–H and O–H groups in total. The number of hydrogen-bond acceptors (Lipinski definition) is 7. The molecule has 0 saturated carbocycles. The molecule has 4 rings (SSSR count). The van der Waals surface area contributed by atoms with Gasteiger partial charge in [0.05, 0.1) is 42.8 Å². The Kier molecular flexibility index (Phi) is 4.26. The molecule has 0 radical (unpaired) electrons. The number of aryl methyl sites for hydroxylation is 1. The van der Waals surface area contributed by atoms with Crippen LogP contribution in [0, 0.1) is 13.8 Å². The SMILES string of the molecule is Cc1ncccc1Oc1ncnc(N2Cc3cnn(CCO)c3C2)c1C. The van der Waals surface area contributed by atoms with Crippen molar-refractivity contribution in [1.82, 2.24) is 24.7 Å². The van der Waals surface area contributed by atoms with Crippen LogP contribution in [0.25, 0.3) is 0 Å². The molecule has 0 saturated heterocycles. The van der Waals surface area contributed by atoms with Gasteiger partial charge in [-0.15, -0.1) is 0 Å². The first kappa shape index (κ1) is 16.5. The number of ether oxygens (including phenoxy) is 1. The maximum absolute atomic E-state index is 9.18. The third-order valence-electron chi connectivity index (χ3n) is 4.52. The number of anilines is 1. The Labute approximate surface area is 151 Å². The second-order valence-corrected chi connectivity index (χ2v) is 6.24. The van der Waals surface area contributed by atoms with Gasteiger partial charge < -0.3 is 14.7 Å². The first-order valence-electron chi connectivity index (χ1n) is 8.48. The summed E-state index contributed by atoms with van der Waals surface area (Å²) in [6.07, 6.45) is 5.11. The van der Waals surface area contributed by atoms with E-state index >= 15 is 0 Å². The normalized spacial score (nSPS) is 13.1. The van der Waals surface area contributed by atoms with Gasteiger partial charge in [0.25, 0.3) is 0 Å². The largest absolute Gasteiger partial charge is 0.437 e. The van der Waals surface area contributed by atoms with Crippen molar-refractivity contribution in [2.75, 3.05) is 11.5 Å². The molecule has 0 aromatic carbocycles. The van der Waals surface area contributed by atoms with E-state index in [1.165, 1.54) is 6.33 Å². The van der Waals surface area contributed by atoms with Gasteiger partial charge >= 0.3 is 0 Å². The lowest BCUT2D eigenvalue weighted by Crippen LogP contribution is -2.20. The Balaban J connectivity index is 1.60. The van der Waals surface area contributed by atoms with Gasteiger partial charge in [0.1, 0.15) is 12.1 Å². The van der Waals surface area contributed by atoms with Crippen LogP contribution in [0.4, 0.5) is 5.82 Å². The quantitative estimate of drug-likeness (QED) is 0.751. The first-order valence-corrected chi connectivity index (χ1v) is 8.48. The topological polar surface area (TPSA) is 89.2 Å². The molecule has 4 heterocycles. The van der Waals surface area contributed by atoms with Crippen LogP contribution >= 0.6 is 0 Å². The molecular formula is C18H20N6O2. The van der Waals surface area contributed by atoms with Crippen molar-refractivity contribution in [3.63, 3.8) is 0 Å². The fraction of sp³-hybridized carbons (Fsp3) is 0.333. The molecule has 0 aliphatic carbocycles. The summed E-state index contributed by atoms with van der Waals surface area (Å²) >= 11 is 0. The van der Waals surface area contributed by atoms with Crippen molar-refractivity contribution in [2.45, 2.75) is 33.5 Å². The van der Waals surface area contributed by atoms with Gasteiger partial charge in [-0.1, -0.05) is 0 Å². The molecule has 0 fully saturated rings. The lowest BCUT2D eigenvalue weighted by molar-refractivity contribution is 0.267. The molecule has 134 valence electrons. The summed E-state index contributed by atoms with van der Waals surface area (Å²) in [4.78, 5) is 15.2. The Hall–Kier alpha value is -3.00. The standard InChI is InChI=1S/C18H20N6O2/c1-12-17(23-9-14-8-22-24(6-7-25)15(14)10-23)20-11-21-18(12)26-16-4-3-5-19-13(16)2/h3-5,8,11,25H,6-7,9-10H2,1-2H3. The summed E-state index contributed by atoms with van der Waals surface area (Å²) in [6.45, 7) is 5.85. The minimum Gasteiger partial charge on any atom is -0.437 e. The van der Waals surface area contributed by atoms with Crippen molar-refractivity contribution < 1.29 is 9.84 Å². The van der Waals surface area contributed by atoms with Crippen LogP contribution in [0.3, 0.4) is 0 Å². The molecule has 3 aromatic rings. The van der Waals surface area contributed by atoms with Crippen LogP contribution in [0.2, 0.25) is 0 Å². The van der Waals surface area contributed by atoms with Crippen molar-refractivity contribution in [3.05, 3.63) is 53.4 Å². The number of aliphatic hydroxyl groups is 1. The fourth-order valence-electron chi connectivity index (χ4n) is 3.17. The van der Waals surface area contributed by atoms with E-state index in [0.717, 1.165) is 34.9 Å². The molecule has 8 heteroatoms. The van der Waals surface area contributed by atoms with E-state index in [2.05, 4.69) is 25.0 Å². The Morgan fingerprint density at radius 1 is 1.19 bits per heavy atom. The highest BCUT2D eigenvalue weighted by atomic mass is 16.5. The Morgan fingerprint density at radius 2 is 2.08 bits per heavy atom. The number of pyridine rings is 1. The number of nitrogens with zero attached hydrogens (tertiary/aromatic N) is 6. The Bertz CT molecular complexity index is 939. The summed E-state index contributed by atoms with van der Waals surface area (Å²) < 4.78 is 7.82. The summed E-state index contributed by atoms with van der Waals surface area (Å²) in [6, 6.07) is 3.71. The van der Waals surface area contributed by atoms with Gasteiger partial charge in [-0.3, -0.25) is 9.67 Å². The van der Waals surface area contributed by atoms with E-state index in [9.17, 15) is 5.11 Å². The number of hydrogen-bond donors (Lipinski definition) is 1. The van der Waals surface area contributed by atoms with Gasteiger partial charge in [0, 0.05) is 18.3 Å². The summed E-state index contributed by atoms with van der Waals surface area (Å²) in [7, 11) is 0. The molecule has 3 aromatic heterocycles. The third-order valence-corrected chi connectivity index (χ3v) is 4.52. The van der Waals surface area contributed by atoms with Crippen LogP contribution in [0.5, 0.6) is 11.6 Å². The molecule has 0 atom stereocenters. The van der Waals surface area contributed by atoms with E-state index < -0.39 is 0 Å². The van der Waals surface area contributed by atoms with Crippen molar-refractivity contribution in [3.8, 4) is 11.6 Å². The van der Waals surface area contributed by atoms with Crippen LogP contribution in [-0.4, -0.2) is 36.4 Å². The maximum atomic E-state index is 9.18. The minimum atomic E-state index is 0.0725. The molecule has 0 spiro atoms. The zero-order chi connectivity index (χ0) is 18.1. The van der Waals surface area contributed by atoms with Crippen LogP contribution in [0.1, 0.15) is 22.5 Å². The van der Waals surface area contributed by atoms with E-state index in [0.29, 0.717) is 24.7 Å². The highest BCUT2D eigenvalue weighted by molar-refractivity contribution is 5.54. The lowest BCUT2D eigenvalue weighted by Gasteiger charge is -2.20. The minimum absolute atomic E-state index is 0.0725. The smallest absolute Gasteiger partial charge is 0.227 e. The molecule has 0 unspecified atom stereocenters. The van der Waals surface area contributed by atoms with Gasteiger partial charge in [0.2, 0.25) is 5.88 Å². The van der Waals surface area contributed by atoms with Crippen molar-refractivity contribution in [1.29, 1.82) is 0 Å². The van der Waals surface area contributed by atoms with Gasteiger partial charge in [-0.05, 0) is 26.0 Å². The van der Waals surface area contributed by atoms with Crippen LogP contribution < -0.4 is 9.64 Å². The van der Waals surface area contributed by atoms with Gasteiger partial charge in [-0.2, -0.15) is 5.10 Å². The number of aromatic nitrogens is 5. The van der Waals surface area contributed by atoms with Crippen LogP contribution in [-0.2, 0) is 19.6 Å². The van der Waals surface area contributed by atoms with Crippen molar-refractivity contribution >= 4 is 5.82 Å². The predicted octanol–water partition coefficient (Wildman–Crippen LogP) is 1.99. The van der Waals surface area contributed by atoms with E-state index in [-0.39, 0.29) is 6.61 Å². The fourth-order valence-corrected chi connectivity index (χ4v) is 3.17. The molecule has 26 heavy (non-hydrogen) atoms. The number of aliphatic hydroxyl groups excluding tert-OH is 1. The third kappa shape index (κ3) is 2.88. The summed E-state index contributed by atoms with van der Waals surface area (Å²) in [5.74, 6) is 2.05. The molecular weight excluding hydrogens is 332 g/mol. The highest BCUT2D eigenvalue weighted by Gasteiger charge is 2.26. The summed E-state index contributed by atoms with van der Waals surface area (Å²) in [5.41, 5.74) is 3.96. The van der Waals surface area contributed by atoms with E-state index in [4.69, 9.17) is 4.74 Å². The number of fused-ring (bicyclic) bond motifs is 1. The molecule has 1 aliphatic rings. The number of rotatable bonds is 5. The molecule has 1 aliphatic heterocycles. The van der Waals surface area contributed by atoms with Crippen molar-refractivity contribution in [2.24, 2.45) is 0 Å². The highest BCUT2D eigenvalue weighted by Crippen LogP contribution is 2.33. The zero-order valence-electron chi connectivity index (χ0n) is 14.8. The predicted molar refractivity (Wildman–Crippen MR) is 95.0 cm³/mol. The second kappa shape index (κ2) is 6.72. The van der Waals surface area contributed by atoms with Crippen LogP contribution in [0.15, 0.2) is 30.9 Å². The van der Waals surface area contributed by atoms with E-state index in [1.54, 1.807) is 6.20 Å².